The predicted octanol–water partition coefficient (Wildman–Crippen LogP) is 2.55. The fraction of sp³-hybridized carbons (Fsp3) is 0.381. The summed E-state index contributed by atoms with van der Waals surface area (Å²) in [5.41, 5.74) is 8.56. The first-order valence-electron chi connectivity index (χ1n) is 9.25. The highest BCUT2D eigenvalue weighted by Gasteiger charge is 2.39. The molecule has 0 radical (unpaired) electrons. The molecule has 1 saturated carbocycles. The van der Waals surface area contributed by atoms with Gasteiger partial charge in [0.15, 0.2) is 0 Å². The molecule has 2 aromatic carbocycles. The number of carbonyl (C=O) groups is 1. The maximum Gasteiger partial charge on any atom is 0.239 e. The Hall–Kier alpha value is -2.37. The van der Waals surface area contributed by atoms with E-state index in [1.54, 1.807) is 7.11 Å². The molecule has 3 atom stereocenters. The first-order chi connectivity index (χ1) is 12.7. The Bertz CT molecular complexity index is 744. The SMILES string of the molecule is COc1ccc(C(NC(=O)C2CC(C3CC3)NN2)c2ccccc2)cc1. The first kappa shape index (κ1) is 17.1. The van der Waals surface area contributed by atoms with Crippen LogP contribution in [0.4, 0.5) is 0 Å². The molecule has 5 nitrogen and oxygen atoms in total. The molecule has 2 aliphatic rings. The van der Waals surface area contributed by atoms with Crippen molar-refractivity contribution >= 4 is 5.91 Å². The van der Waals surface area contributed by atoms with E-state index in [1.165, 1.54) is 12.8 Å². The number of benzene rings is 2. The zero-order valence-electron chi connectivity index (χ0n) is 14.9. The smallest absolute Gasteiger partial charge is 0.239 e. The van der Waals surface area contributed by atoms with Crippen molar-refractivity contribution < 1.29 is 9.53 Å². The third-order valence-electron chi connectivity index (χ3n) is 5.31. The predicted molar refractivity (Wildman–Crippen MR) is 101 cm³/mol. The van der Waals surface area contributed by atoms with E-state index in [-0.39, 0.29) is 18.0 Å². The maximum absolute atomic E-state index is 12.9. The third-order valence-corrected chi connectivity index (χ3v) is 5.31. The van der Waals surface area contributed by atoms with Crippen molar-refractivity contribution in [3.05, 3.63) is 65.7 Å². The van der Waals surface area contributed by atoms with Crippen molar-refractivity contribution in [1.82, 2.24) is 16.2 Å². The Morgan fingerprint density at radius 2 is 1.73 bits per heavy atom. The molecule has 3 N–H and O–H groups in total. The quantitative estimate of drug-likeness (QED) is 0.748. The lowest BCUT2D eigenvalue weighted by Gasteiger charge is -2.22. The van der Waals surface area contributed by atoms with Crippen molar-refractivity contribution in [2.45, 2.75) is 37.4 Å². The van der Waals surface area contributed by atoms with Gasteiger partial charge in [0.25, 0.3) is 0 Å². The standard InChI is InChI=1S/C21H25N3O2/c1-26-17-11-9-16(10-12-17)20(15-5-3-2-4-6-15)22-21(25)19-13-18(23-24-19)14-7-8-14/h2-6,9-12,14,18-20,23-24H,7-8,13H2,1H3,(H,22,25). The van der Waals surface area contributed by atoms with Gasteiger partial charge in [-0.3, -0.25) is 10.2 Å². The highest BCUT2D eigenvalue weighted by molar-refractivity contribution is 5.83. The van der Waals surface area contributed by atoms with Crippen LogP contribution in [0.25, 0.3) is 0 Å². The molecule has 2 fully saturated rings. The van der Waals surface area contributed by atoms with Gasteiger partial charge in [-0.05, 0) is 48.4 Å². The number of ether oxygens (including phenoxy) is 1. The van der Waals surface area contributed by atoms with E-state index < -0.39 is 0 Å². The summed E-state index contributed by atoms with van der Waals surface area (Å²) in [7, 11) is 1.65. The molecular formula is C21H25N3O2. The normalized spacial score (nSPS) is 23.4. The number of nitrogens with one attached hydrogen (secondary N) is 3. The van der Waals surface area contributed by atoms with Crippen LogP contribution in [0, 0.1) is 5.92 Å². The average Bonchev–Trinajstić information content (AvgIpc) is 3.43. The van der Waals surface area contributed by atoms with Crippen LogP contribution in [0.1, 0.15) is 36.4 Å². The summed E-state index contributed by atoms with van der Waals surface area (Å²) in [6.45, 7) is 0. The molecule has 1 saturated heterocycles. The number of hydrogen-bond acceptors (Lipinski definition) is 4. The summed E-state index contributed by atoms with van der Waals surface area (Å²) in [6, 6.07) is 18.0. The minimum absolute atomic E-state index is 0.0327. The summed E-state index contributed by atoms with van der Waals surface area (Å²) >= 11 is 0. The van der Waals surface area contributed by atoms with E-state index in [2.05, 4.69) is 16.2 Å². The highest BCUT2D eigenvalue weighted by atomic mass is 16.5. The van der Waals surface area contributed by atoms with Crippen LogP contribution in [-0.2, 0) is 4.79 Å². The van der Waals surface area contributed by atoms with Crippen molar-refractivity contribution in [3.63, 3.8) is 0 Å². The van der Waals surface area contributed by atoms with Gasteiger partial charge >= 0.3 is 0 Å². The summed E-state index contributed by atoms with van der Waals surface area (Å²) < 4.78 is 5.25. The Morgan fingerprint density at radius 3 is 2.38 bits per heavy atom. The van der Waals surface area contributed by atoms with Gasteiger partial charge in [-0.1, -0.05) is 42.5 Å². The third kappa shape index (κ3) is 3.74. The zero-order chi connectivity index (χ0) is 17.9. The Kier molecular flexibility index (Phi) is 4.91. The highest BCUT2D eigenvalue weighted by Crippen LogP contribution is 2.35. The van der Waals surface area contributed by atoms with Gasteiger partial charge in [0, 0.05) is 6.04 Å². The monoisotopic (exact) mass is 351 g/mol. The zero-order valence-corrected chi connectivity index (χ0v) is 14.9. The van der Waals surface area contributed by atoms with E-state index in [0.717, 1.165) is 29.2 Å². The Labute approximate surface area is 154 Å². The van der Waals surface area contributed by atoms with Crippen LogP contribution < -0.4 is 20.9 Å². The molecule has 0 aromatic heterocycles. The fourth-order valence-corrected chi connectivity index (χ4v) is 3.60. The van der Waals surface area contributed by atoms with Gasteiger partial charge in [0.05, 0.1) is 13.2 Å². The lowest BCUT2D eigenvalue weighted by molar-refractivity contribution is -0.123. The molecule has 136 valence electrons. The minimum Gasteiger partial charge on any atom is -0.497 e. The summed E-state index contributed by atoms with van der Waals surface area (Å²) in [4.78, 5) is 12.9. The van der Waals surface area contributed by atoms with Gasteiger partial charge in [-0.15, -0.1) is 0 Å². The van der Waals surface area contributed by atoms with Gasteiger partial charge in [-0.25, -0.2) is 5.43 Å². The number of amides is 1. The lowest BCUT2D eigenvalue weighted by atomic mass is 9.97. The molecule has 5 heteroatoms. The van der Waals surface area contributed by atoms with Gasteiger partial charge in [-0.2, -0.15) is 0 Å². The van der Waals surface area contributed by atoms with Crippen LogP contribution in [-0.4, -0.2) is 25.1 Å². The van der Waals surface area contributed by atoms with E-state index in [1.807, 2.05) is 54.6 Å². The maximum atomic E-state index is 12.9. The van der Waals surface area contributed by atoms with E-state index in [0.29, 0.717) is 6.04 Å². The van der Waals surface area contributed by atoms with Gasteiger partial charge < -0.3 is 10.1 Å². The molecule has 1 aliphatic carbocycles. The van der Waals surface area contributed by atoms with Gasteiger partial charge in [0.1, 0.15) is 11.8 Å². The lowest BCUT2D eigenvalue weighted by Crippen LogP contribution is -2.44. The van der Waals surface area contributed by atoms with Gasteiger partial charge in [0.2, 0.25) is 5.91 Å². The molecule has 0 bridgehead atoms. The molecule has 1 amide bonds. The summed E-state index contributed by atoms with van der Waals surface area (Å²) in [6.07, 6.45) is 3.39. The minimum atomic E-state index is -0.190. The van der Waals surface area contributed by atoms with Crippen molar-refractivity contribution in [2.24, 2.45) is 5.92 Å². The second kappa shape index (κ2) is 7.48. The summed E-state index contributed by atoms with van der Waals surface area (Å²) in [5.74, 6) is 1.57. The second-order valence-corrected chi connectivity index (χ2v) is 7.15. The molecule has 3 unspecified atom stereocenters. The van der Waals surface area contributed by atoms with Crippen molar-refractivity contribution in [2.75, 3.05) is 7.11 Å². The molecular weight excluding hydrogens is 326 g/mol. The molecule has 1 heterocycles. The molecule has 26 heavy (non-hydrogen) atoms. The van der Waals surface area contributed by atoms with Crippen LogP contribution in [0.3, 0.4) is 0 Å². The van der Waals surface area contributed by atoms with Crippen LogP contribution in [0.2, 0.25) is 0 Å². The molecule has 0 spiro atoms. The van der Waals surface area contributed by atoms with Crippen LogP contribution in [0.5, 0.6) is 5.75 Å². The second-order valence-electron chi connectivity index (χ2n) is 7.15. The Balaban J connectivity index is 1.51. The van der Waals surface area contributed by atoms with Crippen LogP contribution >= 0.6 is 0 Å². The first-order valence-corrected chi connectivity index (χ1v) is 9.25. The number of hydrazine groups is 1. The molecule has 2 aromatic rings. The fourth-order valence-electron chi connectivity index (χ4n) is 3.60. The van der Waals surface area contributed by atoms with E-state index >= 15 is 0 Å². The topological polar surface area (TPSA) is 62.4 Å². The number of rotatable bonds is 6. The number of hydrogen-bond donors (Lipinski definition) is 3. The largest absolute Gasteiger partial charge is 0.497 e. The van der Waals surface area contributed by atoms with Crippen molar-refractivity contribution in [3.8, 4) is 5.75 Å². The van der Waals surface area contributed by atoms with Crippen LogP contribution in [0.15, 0.2) is 54.6 Å². The Morgan fingerprint density at radius 1 is 1.04 bits per heavy atom. The summed E-state index contributed by atoms with van der Waals surface area (Å²) in [5, 5.41) is 3.23. The number of carbonyl (C=O) groups excluding carboxylic acids is 1. The van der Waals surface area contributed by atoms with Crippen molar-refractivity contribution in [1.29, 1.82) is 0 Å². The average molecular weight is 351 g/mol. The van der Waals surface area contributed by atoms with E-state index in [4.69, 9.17) is 4.74 Å². The number of methoxy groups -OCH3 is 1. The molecule has 4 rings (SSSR count). The molecule has 1 aliphatic heterocycles. The van der Waals surface area contributed by atoms with E-state index in [9.17, 15) is 4.79 Å².